The van der Waals surface area contributed by atoms with Gasteiger partial charge in [0.2, 0.25) is 0 Å². The summed E-state index contributed by atoms with van der Waals surface area (Å²) in [7, 11) is 3.29. The second-order valence-corrected chi connectivity index (χ2v) is 4.93. The van der Waals surface area contributed by atoms with Gasteiger partial charge in [-0.2, -0.15) is 0 Å². The number of rotatable bonds is 7. The van der Waals surface area contributed by atoms with Crippen LogP contribution >= 0.6 is 0 Å². The molecule has 4 nitrogen and oxygen atoms in total. The fourth-order valence-corrected chi connectivity index (χ4v) is 2.19. The van der Waals surface area contributed by atoms with E-state index in [-0.39, 0.29) is 12.1 Å². The number of carbonyl (C=O) groups is 1. The summed E-state index contributed by atoms with van der Waals surface area (Å²) >= 11 is 0. The van der Waals surface area contributed by atoms with Crippen LogP contribution in [0.2, 0.25) is 0 Å². The van der Waals surface area contributed by atoms with Gasteiger partial charge in [0, 0.05) is 6.42 Å². The van der Waals surface area contributed by atoms with Crippen molar-refractivity contribution in [2.75, 3.05) is 20.7 Å². The Kier molecular flexibility index (Phi) is 5.98. The minimum Gasteiger partial charge on any atom is -0.486 e. The molecule has 0 aliphatic heterocycles. The van der Waals surface area contributed by atoms with E-state index in [2.05, 4.69) is 17.4 Å². The van der Waals surface area contributed by atoms with Crippen molar-refractivity contribution in [3.05, 3.63) is 65.7 Å². The molecule has 22 heavy (non-hydrogen) atoms. The molecule has 116 valence electrons. The van der Waals surface area contributed by atoms with Crippen molar-refractivity contribution < 1.29 is 14.3 Å². The van der Waals surface area contributed by atoms with Crippen LogP contribution in [-0.4, -0.2) is 26.7 Å². The van der Waals surface area contributed by atoms with Gasteiger partial charge in [0.05, 0.1) is 12.7 Å². The molecule has 0 aliphatic carbocycles. The van der Waals surface area contributed by atoms with Gasteiger partial charge in [0.1, 0.15) is 11.9 Å². The molecule has 4 heteroatoms. The molecule has 0 amide bonds. The van der Waals surface area contributed by atoms with Gasteiger partial charge < -0.3 is 14.8 Å². The predicted octanol–water partition coefficient (Wildman–Crippen LogP) is 3.20. The minimum absolute atomic E-state index is 0.0300. The summed E-state index contributed by atoms with van der Waals surface area (Å²) in [6.45, 7) is 0.861. The summed E-state index contributed by atoms with van der Waals surface area (Å²) in [4.78, 5) is 11.4. The van der Waals surface area contributed by atoms with E-state index in [1.165, 1.54) is 7.11 Å². The van der Waals surface area contributed by atoms with Gasteiger partial charge in [-0.1, -0.05) is 30.3 Å². The third-order valence-electron chi connectivity index (χ3n) is 3.38. The lowest BCUT2D eigenvalue weighted by Gasteiger charge is -2.19. The van der Waals surface area contributed by atoms with Crippen LogP contribution < -0.4 is 10.1 Å². The molecule has 1 N–H and O–H groups in total. The van der Waals surface area contributed by atoms with Crippen molar-refractivity contribution in [2.24, 2.45) is 0 Å². The van der Waals surface area contributed by atoms with Crippen LogP contribution in [0.5, 0.6) is 5.75 Å². The maximum absolute atomic E-state index is 11.4. The number of benzene rings is 2. The van der Waals surface area contributed by atoms with Gasteiger partial charge in [-0.25, -0.2) is 4.79 Å². The SMILES string of the molecule is CNCCC(Oc1ccc(C(=O)OC)cc1)c1ccccc1. The second kappa shape index (κ2) is 8.20. The molecule has 2 aromatic carbocycles. The van der Waals surface area contributed by atoms with Crippen LogP contribution in [0, 0.1) is 0 Å². The summed E-state index contributed by atoms with van der Waals surface area (Å²) in [5, 5.41) is 3.14. The van der Waals surface area contributed by atoms with Gasteiger partial charge in [-0.05, 0) is 43.4 Å². The third kappa shape index (κ3) is 4.33. The summed E-state index contributed by atoms with van der Waals surface area (Å²) in [6, 6.07) is 17.1. The summed E-state index contributed by atoms with van der Waals surface area (Å²) in [5.74, 6) is 0.388. The molecule has 0 aliphatic rings. The predicted molar refractivity (Wildman–Crippen MR) is 86.1 cm³/mol. The molecule has 0 aromatic heterocycles. The molecule has 0 heterocycles. The first-order valence-corrected chi connectivity index (χ1v) is 7.29. The van der Waals surface area contributed by atoms with Crippen molar-refractivity contribution in [3.63, 3.8) is 0 Å². The highest BCUT2D eigenvalue weighted by Gasteiger charge is 2.13. The Morgan fingerprint density at radius 1 is 1.09 bits per heavy atom. The first kappa shape index (κ1) is 16.0. The van der Waals surface area contributed by atoms with Crippen molar-refractivity contribution in [2.45, 2.75) is 12.5 Å². The molecule has 1 atom stereocenters. The highest BCUT2D eigenvalue weighted by molar-refractivity contribution is 5.89. The Bertz CT molecular complexity index is 581. The molecule has 0 fully saturated rings. The van der Waals surface area contributed by atoms with Gasteiger partial charge in [0.15, 0.2) is 0 Å². The molecule has 0 spiro atoms. The number of hydrogen-bond donors (Lipinski definition) is 1. The molecule has 2 rings (SSSR count). The highest BCUT2D eigenvalue weighted by Crippen LogP contribution is 2.25. The average molecular weight is 299 g/mol. The molecular weight excluding hydrogens is 278 g/mol. The molecule has 1 unspecified atom stereocenters. The Hall–Kier alpha value is -2.33. The summed E-state index contributed by atoms with van der Waals surface area (Å²) in [5.41, 5.74) is 1.65. The monoisotopic (exact) mass is 299 g/mol. The lowest BCUT2D eigenvalue weighted by atomic mass is 10.1. The standard InChI is InChI=1S/C18H21NO3/c1-19-13-12-17(14-6-4-3-5-7-14)22-16-10-8-15(9-11-16)18(20)21-2/h3-11,17,19H,12-13H2,1-2H3. The third-order valence-corrected chi connectivity index (χ3v) is 3.38. The van der Waals surface area contributed by atoms with Gasteiger partial charge >= 0.3 is 5.97 Å². The van der Waals surface area contributed by atoms with Crippen LogP contribution in [0.4, 0.5) is 0 Å². The van der Waals surface area contributed by atoms with E-state index >= 15 is 0 Å². The topological polar surface area (TPSA) is 47.6 Å². The van der Waals surface area contributed by atoms with Crippen molar-refractivity contribution in [1.82, 2.24) is 5.32 Å². The van der Waals surface area contributed by atoms with E-state index < -0.39 is 0 Å². The molecule has 0 radical (unpaired) electrons. The van der Waals surface area contributed by atoms with E-state index in [0.29, 0.717) is 5.56 Å². The smallest absolute Gasteiger partial charge is 0.337 e. The summed E-state index contributed by atoms with van der Waals surface area (Å²) < 4.78 is 10.8. The average Bonchev–Trinajstić information content (AvgIpc) is 2.59. The van der Waals surface area contributed by atoms with E-state index in [0.717, 1.165) is 24.3 Å². The van der Waals surface area contributed by atoms with Gasteiger partial charge in [-0.3, -0.25) is 0 Å². The maximum Gasteiger partial charge on any atom is 0.337 e. The van der Waals surface area contributed by atoms with Gasteiger partial charge in [0.25, 0.3) is 0 Å². The Morgan fingerprint density at radius 3 is 2.36 bits per heavy atom. The van der Waals surface area contributed by atoms with Gasteiger partial charge in [-0.15, -0.1) is 0 Å². The van der Waals surface area contributed by atoms with Crippen molar-refractivity contribution in [3.8, 4) is 5.75 Å². The summed E-state index contributed by atoms with van der Waals surface area (Å²) in [6.07, 6.45) is 0.830. The van der Waals surface area contributed by atoms with E-state index in [1.54, 1.807) is 24.3 Å². The number of hydrogen-bond acceptors (Lipinski definition) is 4. The molecule has 0 saturated heterocycles. The zero-order valence-corrected chi connectivity index (χ0v) is 12.9. The zero-order chi connectivity index (χ0) is 15.8. The number of esters is 1. The number of ether oxygens (including phenoxy) is 2. The van der Waals surface area contributed by atoms with Crippen LogP contribution in [0.25, 0.3) is 0 Å². The lowest BCUT2D eigenvalue weighted by Crippen LogP contribution is -2.16. The van der Waals surface area contributed by atoms with Crippen molar-refractivity contribution >= 4 is 5.97 Å². The number of methoxy groups -OCH3 is 1. The second-order valence-electron chi connectivity index (χ2n) is 4.93. The first-order chi connectivity index (χ1) is 10.7. The molecule has 0 bridgehead atoms. The molecule has 0 saturated carbocycles. The Morgan fingerprint density at radius 2 is 1.77 bits per heavy atom. The van der Waals surface area contributed by atoms with Crippen LogP contribution in [-0.2, 0) is 4.74 Å². The number of nitrogens with one attached hydrogen (secondary N) is 1. The number of carbonyl (C=O) groups excluding carboxylic acids is 1. The fraction of sp³-hybridized carbons (Fsp3) is 0.278. The van der Waals surface area contributed by atoms with E-state index in [4.69, 9.17) is 9.47 Å². The highest BCUT2D eigenvalue weighted by atomic mass is 16.5. The first-order valence-electron chi connectivity index (χ1n) is 7.29. The molecular formula is C18H21NO3. The van der Waals surface area contributed by atoms with E-state index in [9.17, 15) is 4.79 Å². The normalized spacial score (nSPS) is 11.7. The van der Waals surface area contributed by atoms with Crippen LogP contribution in [0.3, 0.4) is 0 Å². The fourth-order valence-electron chi connectivity index (χ4n) is 2.19. The Labute approximate surface area is 131 Å². The van der Waals surface area contributed by atoms with E-state index in [1.807, 2.05) is 25.2 Å². The quantitative estimate of drug-likeness (QED) is 0.798. The largest absolute Gasteiger partial charge is 0.486 e. The lowest BCUT2D eigenvalue weighted by molar-refractivity contribution is 0.0600. The Balaban J connectivity index is 2.11. The maximum atomic E-state index is 11.4. The molecule has 2 aromatic rings. The van der Waals surface area contributed by atoms with Crippen molar-refractivity contribution in [1.29, 1.82) is 0 Å². The van der Waals surface area contributed by atoms with Crippen LogP contribution in [0.1, 0.15) is 28.4 Å². The zero-order valence-electron chi connectivity index (χ0n) is 12.9. The van der Waals surface area contributed by atoms with Crippen LogP contribution in [0.15, 0.2) is 54.6 Å². The minimum atomic E-state index is -0.346.